The van der Waals surface area contributed by atoms with Crippen molar-refractivity contribution in [2.75, 3.05) is 25.6 Å². The summed E-state index contributed by atoms with van der Waals surface area (Å²) in [4.78, 5) is 20.7. The molecule has 1 aromatic heterocycles. The topological polar surface area (TPSA) is 85.4 Å². The molecule has 8 heteroatoms. The lowest BCUT2D eigenvalue weighted by atomic mass is 10.3. The van der Waals surface area contributed by atoms with Gasteiger partial charge in [0.05, 0.1) is 19.3 Å². The molecule has 0 bridgehead atoms. The number of halogens is 1. The third kappa shape index (κ3) is 5.65. The Kier molecular flexibility index (Phi) is 6.57. The summed E-state index contributed by atoms with van der Waals surface area (Å²) in [6, 6.07) is 14.9. The first kappa shape index (κ1) is 20.1. The van der Waals surface area contributed by atoms with Gasteiger partial charge >= 0.3 is 0 Å². The Hall–Kier alpha value is -3.68. The summed E-state index contributed by atoms with van der Waals surface area (Å²) in [6.45, 7) is 2.25. The molecule has 0 aliphatic heterocycles. The maximum atomic E-state index is 13.8. The van der Waals surface area contributed by atoms with E-state index in [4.69, 9.17) is 9.47 Å². The Morgan fingerprint density at radius 3 is 2.52 bits per heavy atom. The molecule has 1 heterocycles. The SMILES string of the molecule is COc1ccc(OCCNC(=O)c2cc(Nc3ccccc3F)nc(C)n2)cc1. The number of amides is 1. The molecule has 7 nitrogen and oxygen atoms in total. The molecule has 0 aliphatic rings. The third-order valence-electron chi connectivity index (χ3n) is 3.92. The van der Waals surface area contributed by atoms with Gasteiger partial charge < -0.3 is 20.1 Å². The van der Waals surface area contributed by atoms with Crippen LogP contribution < -0.4 is 20.1 Å². The van der Waals surface area contributed by atoms with Crippen LogP contribution in [0.25, 0.3) is 0 Å². The lowest BCUT2D eigenvalue weighted by Gasteiger charge is -2.10. The van der Waals surface area contributed by atoms with Gasteiger partial charge in [0.15, 0.2) is 0 Å². The van der Waals surface area contributed by atoms with Gasteiger partial charge in [-0.1, -0.05) is 12.1 Å². The van der Waals surface area contributed by atoms with Crippen molar-refractivity contribution >= 4 is 17.4 Å². The second-order valence-electron chi connectivity index (χ2n) is 6.07. The highest BCUT2D eigenvalue weighted by atomic mass is 19.1. The Balaban J connectivity index is 1.56. The zero-order valence-electron chi connectivity index (χ0n) is 16.1. The molecule has 2 N–H and O–H groups in total. The van der Waals surface area contributed by atoms with Crippen LogP contribution >= 0.6 is 0 Å². The first-order chi connectivity index (χ1) is 14.0. The van der Waals surface area contributed by atoms with Crippen LogP contribution in [-0.4, -0.2) is 36.1 Å². The average Bonchev–Trinajstić information content (AvgIpc) is 2.73. The van der Waals surface area contributed by atoms with E-state index in [0.717, 1.165) is 5.75 Å². The number of nitrogens with one attached hydrogen (secondary N) is 2. The standard InChI is InChI=1S/C21H21FN4O3/c1-14-24-19(13-20(25-14)26-18-6-4-3-5-17(18)22)21(27)23-11-12-29-16-9-7-15(28-2)8-10-16/h3-10,13H,11-12H2,1-2H3,(H,23,27)(H,24,25,26). The van der Waals surface area contributed by atoms with E-state index < -0.39 is 5.82 Å². The number of hydrogen-bond acceptors (Lipinski definition) is 6. The maximum absolute atomic E-state index is 13.8. The highest BCUT2D eigenvalue weighted by molar-refractivity contribution is 5.93. The fraction of sp³-hybridized carbons (Fsp3) is 0.190. The number of carbonyl (C=O) groups is 1. The minimum atomic E-state index is -0.412. The highest BCUT2D eigenvalue weighted by Gasteiger charge is 2.11. The molecule has 3 rings (SSSR count). The summed E-state index contributed by atoms with van der Waals surface area (Å²) in [7, 11) is 1.59. The fourth-order valence-corrected chi connectivity index (χ4v) is 2.54. The molecular formula is C21H21FN4O3. The number of para-hydroxylation sites is 1. The number of carbonyl (C=O) groups excluding carboxylic acids is 1. The maximum Gasteiger partial charge on any atom is 0.270 e. The third-order valence-corrected chi connectivity index (χ3v) is 3.92. The number of nitrogens with zero attached hydrogens (tertiary/aromatic N) is 2. The van der Waals surface area contributed by atoms with E-state index in [0.29, 0.717) is 30.5 Å². The molecule has 0 aliphatic carbocycles. The van der Waals surface area contributed by atoms with Crippen LogP contribution in [0.15, 0.2) is 54.6 Å². The normalized spacial score (nSPS) is 10.3. The lowest BCUT2D eigenvalue weighted by molar-refractivity contribution is 0.0941. The predicted molar refractivity (Wildman–Crippen MR) is 107 cm³/mol. The van der Waals surface area contributed by atoms with Gasteiger partial charge in [-0.25, -0.2) is 14.4 Å². The van der Waals surface area contributed by atoms with Crippen molar-refractivity contribution in [2.24, 2.45) is 0 Å². The summed E-state index contributed by atoms with van der Waals surface area (Å²) < 4.78 is 24.5. The summed E-state index contributed by atoms with van der Waals surface area (Å²) in [5, 5.41) is 5.61. The molecule has 3 aromatic rings. The van der Waals surface area contributed by atoms with E-state index in [2.05, 4.69) is 20.6 Å². The van der Waals surface area contributed by atoms with Crippen LogP contribution in [0, 0.1) is 12.7 Å². The Bertz CT molecular complexity index is 980. The van der Waals surface area contributed by atoms with Crippen LogP contribution in [0.3, 0.4) is 0 Å². The highest BCUT2D eigenvalue weighted by Crippen LogP contribution is 2.19. The zero-order valence-corrected chi connectivity index (χ0v) is 16.1. The average molecular weight is 396 g/mol. The largest absolute Gasteiger partial charge is 0.497 e. The van der Waals surface area contributed by atoms with Crippen LogP contribution in [0.4, 0.5) is 15.9 Å². The Morgan fingerprint density at radius 2 is 1.79 bits per heavy atom. The van der Waals surface area contributed by atoms with Crippen molar-refractivity contribution in [2.45, 2.75) is 6.92 Å². The molecule has 0 radical (unpaired) electrons. The second-order valence-corrected chi connectivity index (χ2v) is 6.07. The van der Waals surface area contributed by atoms with Gasteiger partial charge in [-0.2, -0.15) is 0 Å². The number of benzene rings is 2. The first-order valence-corrected chi connectivity index (χ1v) is 8.97. The number of ether oxygens (including phenoxy) is 2. The molecular weight excluding hydrogens is 375 g/mol. The summed E-state index contributed by atoms with van der Waals surface area (Å²) in [5.41, 5.74) is 0.450. The zero-order chi connectivity index (χ0) is 20.6. The lowest BCUT2D eigenvalue weighted by Crippen LogP contribution is -2.29. The van der Waals surface area contributed by atoms with E-state index in [-0.39, 0.29) is 17.3 Å². The van der Waals surface area contributed by atoms with Crippen molar-refractivity contribution in [3.05, 3.63) is 71.9 Å². The molecule has 1 amide bonds. The number of rotatable bonds is 8. The molecule has 0 unspecified atom stereocenters. The summed E-state index contributed by atoms with van der Waals surface area (Å²) >= 11 is 0. The number of aryl methyl sites for hydroxylation is 1. The Labute approximate surface area is 167 Å². The molecule has 0 spiro atoms. The van der Waals surface area contributed by atoms with Gasteiger partial charge in [0.25, 0.3) is 5.91 Å². The summed E-state index contributed by atoms with van der Waals surface area (Å²) in [6.07, 6.45) is 0. The number of methoxy groups -OCH3 is 1. The smallest absolute Gasteiger partial charge is 0.270 e. The van der Waals surface area contributed by atoms with Crippen molar-refractivity contribution < 1.29 is 18.7 Å². The van der Waals surface area contributed by atoms with Crippen molar-refractivity contribution in [1.82, 2.24) is 15.3 Å². The predicted octanol–water partition coefficient (Wildman–Crippen LogP) is 3.49. The minimum Gasteiger partial charge on any atom is -0.497 e. The van der Waals surface area contributed by atoms with E-state index in [1.54, 1.807) is 56.5 Å². The van der Waals surface area contributed by atoms with Gasteiger partial charge in [-0.15, -0.1) is 0 Å². The van der Waals surface area contributed by atoms with Crippen molar-refractivity contribution in [3.8, 4) is 11.5 Å². The van der Waals surface area contributed by atoms with Gasteiger partial charge in [0.1, 0.15) is 41.3 Å². The number of aromatic nitrogens is 2. The van der Waals surface area contributed by atoms with Crippen LogP contribution in [-0.2, 0) is 0 Å². The van der Waals surface area contributed by atoms with Crippen LogP contribution in [0.5, 0.6) is 11.5 Å². The number of hydrogen-bond donors (Lipinski definition) is 2. The van der Waals surface area contributed by atoms with Gasteiger partial charge in [-0.3, -0.25) is 4.79 Å². The van der Waals surface area contributed by atoms with E-state index in [1.807, 2.05) is 0 Å². The van der Waals surface area contributed by atoms with Gasteiger partial charge in [0, 0.05) is 6.07 Å². The Morgan fingerprint density at radius 1 is 1.07 bits per heavy atom. The molecule has 0 saturated heterocycles. The van der Waals surface area contributed by atoms with Crippen LogP contribution in [0.1, 0.15) is 16.3 Å². The molecule has 29 heavy (non-hydrogen) atoms. The van der Waals surface area contributed by atoms with Crippen molar-refractivity contribution in [1.29, 1.82) is 0 Å². The summed E-state index contributed by atoms with van der Waals surface area (Å²) in [5.74, 6) is 1.36. The minimum absolute atomic E-state index is 0.181. The van der Waals surface area contributed by atoms with E-state index in [9.17, 15) is 9.18 Å². The molecule has 2 aromatic carbocycles. The number of anilines is 2. The van der Waals surface area contributed by atoms with E-state index in [1.165, 1.54) is 12.1 Å². The quantitative estimate of drug-likeness (QED) is 0.567. The molecule has 0 atom stereocenters. The monoisotopic (exact) mass is 396 g/mol. The molecule has 0 saturated carbocycles. The first-order valence-electron chi connectivity index (χ1n) is 8.97. The molecule has 150 valence electrons. The molecule has 0 fully saturated rings. The van der Waals surface area contributed by atoms with Crippen LogP contribution in [0.2, 0.25) is 0 Å². The fourth-order valence-electron chi connectivity index (χ4n) is 2.54. The van der Waals surface area contributed by atoms with Gasteiger partial charge in [0.2, 0.25) is 0 Å². The second kappa shape index (κ2) is 9.50. The van der Waals surface area contributed by atoms with Crippen molar-refractivity contribution in [3.63, 3.8) is 0 Å². The van der Waals surface area contributed by atoms with Gasteiger partial charge in [-0.05, 0) is 43.3 Å². The van der Waals surface area contributed by atoms with E-state index >= 15 is 0 Å².